The fraction of sp³-hybridized carbons (Fsp3) is 0.438. The van der Waals surface area contributed by atoms with Crippen molar-refractivity contribution < 1.29 is 4.79 Å². The molecule has 2 aliphatic heterocycles. The van der Waals surface area contributed by atoms with Crippen LogP contribution in [0.2, 0.25) is 0 Å². The molecule has 104 valence electrons. The Morgan fingerprint density at radius 3 is 3.05 bits per heavy atom. The number of likely N-dealkylation sites (tertiary alicyclic amines) is 1. The Morgan fingerprint density at radius 1 is 1.30 bits per heavy atom. The number of benzene rings is 1. The predicted molar refractivity (Wildman–Crippen MR) is 82.2 cm³/mol. The number of hydrogen-bond acceptors (Lipinski definition) is 3. The highest BCUT2D eigenvalue weighted by atomic mass is 32.1. The summed E-state index contributed by atoms with van der Waals surface area (Å²) >= 11 is 1.61. The second-order valence-electron chi connectivity index (χ2n) is 5.82. The molecule has 20 heavy (non-hydrogen) atoms. The number of nitrogens with one attached hydrogen (secondary N) is 1. The summed E-state index contributed by atoms with van der Waals surface area (Å²) < 4.78 is 1.20. The van der Waals surface area contributed by atoms with Crippen LogP contribution in [0.25, 0.3) is 10.1 Å². The Kier molecular flexibility index (Phi) is 3.00. The fourth-order valence-corrected chi connectivity index (χ4v) is 4.49. The highest BCUT2D eigenvalue weighted by Crippen LogP contribution is 2.30. The SMILES string of the molecule is O=C(c1cc2ccccc2s1)N1C[C@@H]2CCCN[C@@H]2C1. The van der Waals surface area contributed by atoms with Crippen LogP contribution < -0.4 is 5.32 Å². The second kappa shape index (κ2) is 4.86. The molecule has 3 nitrogen and oxygen atoms in total. The molecular weight excluding hydrogens is 268 g/mol. The van der Waals surface area contributed by atoms with Crippen molar-refractivity contribution in [2.45, 2.75) is 18.9 Å². The molecule has 0 saturated carbocycles. The van der Waals surface area contributed by atoms with E-state index in [0.29, 0.717) is 12.0 Å². The van der Waals surface area contributed by atoms with E-state index < -0.39 is 0 Å². The summed E-state index contributed by atoms with van der Waals surface area (Å²) in [7, 11) is 0. The summed E-state index contributed by atoms with van der Waals surface area (Å²) in [5, 5.41) is 4.73. The van der Waals surface area contributed by atoms with Crippen molar-refractivity contribution in [2.24, 2.45) is 5.92 Å². The van der Waals surface area contributed by atoms with Crippen LogP contribution in [0.4, 0.5) is 0 Å². The van der Waals surface area contributed by atoms with Gasteiger partial charge in [-0.15, -0.1) is 11.3 Å². The van der Waals surface area contributed by atoms with Gasteiger partial charge in [0, 0.05) is 23.8 Å². The maximum Gasteiger partial charge on any atom is 0.264 e. The number of hydrogen-bond donors (Lipinski definition) is 1. The summed E-state index contributed by atoms with van der Waals surface area (Å²) in [5.41, 5.74) is 0. The van der Waals surface area contributed by atoms with Gasteiger partial charge in [-0.1, -0.05) is 18.2 Å². The number of piperidine rings is 1. The molecule has 0 aliphatic carbocycles. The van der Waals surface area contributed by atoms with Gasteiger partial charge in [-0.25, -0.2) is 0 Å². The Bertz CT molecular complexity index is 604. The minimum Gasteiger partial charge on any atom is -0.336 e. The van der Waals surface area contributed by atoms with E-state index >= 15 is 0 Å². The van der Waals surface area contributed by atoms with E-state index in [0.717, 1.165) is 24.5 Å². The predicted octanol–water partition coefficient (Wildman–Crippen LogP) is 2.73. The average Bonchev–Trinajstić information content (AvgIpc) is 3.10. The lowest BCUT2D eigenvalue weighted by Crippen LogP contribution is -2.41. The second-order valence-corrected chi connectivity index (χ2v) is 6.91. The Balaban J connectivity index is 1.58. The zero-order chi connectivity index (χ0) is 13.5. The van der Waals surface area contributed by atoms with Gasteiger partial charge in [0.1, 0.15) is 0 Å². The number of thiophene rings is 1. The lowest BCUT2D eigenvalue weighted by Gasteiger charge is -2.24. The summed E-state index contributed by atoms with van der Waals surface area (Å²) in [6.07, 6.45) is 2.50. The first-order chi connectivity index (χ1) is 9.81. The minimum absolute atomic E-state index is 0.211. The molecule has 0 spiro atoms. The van der Waals surface area contributed by atoms with Crippen LogP contribution in [0.1, 0.15) is 22.5 Å². The lowest BCUT2D eigenvalue weighted by molar-refractivity contribution is 0.0790. The molecule has 2 aromatic rings. The van der Waals surface area contributed by atoms with Gasteiger partial charge in [0.2, 0.25) is 0 Å². The Morgan fingerprint density at radius 2 is 2.20 bits per heavy atom. The van der Waals surface area contributed by atoms with Gasteiger partial charge in [-0.3, -0.25) is 4.79 Å². The third-order valence-corrected chi connectivity index (χ3v) is 5.63. The summed E-state index contributed by atoms with van der Waals surface area (Å²) in [5.74, 6) is 0.865. The molecular formula is C16H18N2OS. The first-order valence-corrected chi connectivity index (χ1v) is 8.14. The first-order valence-electron chi connectivity index (χ1n) is 7.32. The van der Waals surface area contributed by atoms with Crippen LogP contribution in [-0.4, -0.2) is 36.5 Å². The van der Waals surface area contributed by atoms with Crippen LogP contribution in [0.3, 0.4) is 0 Å². The molecule has 1 aromatic carbocycles. The standard InChI is InChI=1S/C16H18N2OS/c19-16(15-8-11-4-1-2-6-14(11)20-15)18-9-12-5-3-7-17-13(12)10-18/h1-2,4,6,8,12-13,17H,3,5,7,9-10H2/t12-,13+/m0/s1. The number of amides is 1. The molecule has 2 fully saturated rings. The largest absolute Gasteiger partial charge is 0.336 e. The molecule has 2 atom stereocenters. The Labute approximate surface area is 122 Å². The molecule has 0 bridgehead atoms. The van der Waals surface area contributed by atoms with E-state index in [2.05, 4.69) is 17.4 Å². The van der Waals surface area contributed by atoms with Gasteiger partial charge in [0.25, 0.3) is 5.91 Å². The van der Waals surface area contributed by atoms with E-state index in [9.17, 15) is 4.79 Å². The van der Waals surface area contributed by atoms with Gasteiger partial charge in [-0.05, 0) is 42.8 Å². The molecule has 1 amide bonds. The van der Waals surface area contributed by atoms with E-state index in [1.54, 1.807) is 11.3 Å². The molecule has 4 rings (SSSR count). The molecule has 1 N–H and O–H groups in total. The number of rotatable bonds is 1. The molecule has 2 aliphatic rings. The van der Waals surface area contributed by atoms with Crippen molar-refractivity contribution in [1.82, 2.24) is 10.2 Å². The topological polar surface area (TPSA) is 32.3 Å². The van der Waals surface area contributed by atoms with Crippen molar-refractivity contribution >= 4 is 27.3 Å². The smallest absolute Gasteiger partial charge is 0.264 e. The van der Waals surface area contributed by atoms with Gasteiger partial charge in [-0.2, -0.15) is 0 Å². The number of fused-ring (bicyclic) bond motifs is 2. The third-order valence-electron chi connectivity index (χ3n) is 4.52. The van der Waals surface area contributed by atoms with Gasteiger partial charge in [0.05, 0.1) is 4.88 Å². The summed E-state index contributed by atoms with van der Waals surface area (Å²) in [6.45, 7) is 2.90. The number of carbonyl (C=O) groups excluding carboxylic acids is 1. The summed E-state index contributed by atoms with van der Waals surface area (Å²) in [6, 6.07) is 10.8. The molecule has 2 saturated heterocycles. The Hall–Kier alpha value is -1.39. The maximum atomic E-state index is 12.7. The van der Waals surface area contributed by atoms with Crippen LogP contribution in [0.5, 0.6) is 0 Å². The maximum absolute atomic E-state index is 12.7. The van der Waals surface area contributed by atoms with Crippen molar-refractivity contribution in [3.63, 3.8) is 0 Å². The average molecular weight is 286 g/mol. The zero-order valence-electron chi connectivity index (χ0n) is 11.3. The van der Waals surface area contributed by atoms with E-state index in [1.165, 1.54) is 22.9 Å². The first kappa shape index (κ1) is 12.4. The monoisotopic (exact) mass is 286 g/mol. The number of carbonyl (C=O) groups is 1. The van der Waals surface area contributed by atoms with E-state index in [-0.39, 0.29) is 5.91 Å². The highest BCUT2D eigenvalue weighted by Gasteiger charge is 2.36. The van der Waals surface area contributed by atoms with Crippen molar-refractivity contribution in [1.29, 1.82) is 0 Å². The van der Waals surface area contributed by atoms with Gasteiger partial charge >= 0.3 is 0 Å². The molecule has 0 unspecified atom stereocenters. The van der Waals surface area contributed by atoms with Crippen molar-refractivity contribution in [3.05, 3.63) is 35.2 Å². The quantitative estimate of drug-likeness (QED) is 0.874. The van der Waals surface area contributed by atoms with Crippen molar-refractivity contribution in [3.8, 4) is 0 Å². The summed E-state index contributed by atoms with van der Waals surface area (Å²) in [4.78, 5) is 15.6. The van der Waals surface area contributed by atoms with Gasteiger partial charge in [0.15, 0.2) is 0 Å². The molecule has 3 heterocycles. The third kappa shape index (κ3) is 2.03. The van der Waals surface area contributed by atoms with Crippen LogP contribution in [0, 0.1) is 5.92 Å². The molecule has 4 heteroatoms. The van der Waals surface area contributed by atoms with Gasteiger partial charge < -0.3 is 10.2 Å². The highest BCUT2D eigenvalue weighted by molar-refractivity contribution is 7.20. The minimum atomic E-state index is 0.211. The molecule has 0 radical (unpaired) electrons. The fourth-order valence-electron chi connectivity index (χ4n) is 3.46. The van der Waals surface area contributed by atoms with Crippen molar-refractivity contribution in [2.75, 3.05) is 19.6 Å². The zero-order valence-corrected chi connectivity index (χ0v) is 12.2. The molecule has 1 aromatic heterocycles. The van der Waals surface area contributed by atoms with Crippen LogP contribution in [-0.2, 0) is 0 Å². The van der Waals surface area contributed by atoms with E-state index in [1.807, 2.05) is 23.1 Å². The van der Waals surface area contributed by atoms with E-state index in [4.69, 9.17) is 0 Å². The van der Waals surface area contributed by atoms with Crippen LogP contribution in [0.15, 0.2) is 30.3 Å². The normalized spacial score (nSPS) is 25.9. The number of nitrogens with zero attached hydrogens (tertiary/aromatic N) is 1. The van der Waals surface area contributed by atoms with Crippen LogP contribution >= 0.6 is 11.3 Å². The lowest BCUT2D eigenvalue weighted by atomic mass is 9.94.